The van der Waals surface area contributed by atoms with E-state index in [1.165, 1.54) is 0 Å². The molecule has 2 heterocycles. The first-order valence-electron chi connectivity index (χ1n) is 8.17. The first-order chi connectivity index (χ1) is 12.2. The van der Waals surface area contributed by atoms with Crippen molar-refractivity contribution >= 4 is 11.6 Å². The zero-order chi connectivity index (χ0) is 17.2. The minimum absolute atomic E-state index is 0.143. The van der Waals surface area contributed by atoms with Crippen LogP contribution >= 0.6 is 0 Å². The predicted octanol–water partition coefficient (Wildman–Crippen LogP) is 3.49. The first-order valence-corrected chi connectivity index (χ1v) is 8.17. The molecule has 0 aliphatic carbocycles. The zero-order valence-corrected chi connectivity index (χ0v) is 13.8. The number of fused-ring (bicyclic) bond motifs is 1. The van der Waals surface area contributed by atoms with Crippen molar-refractivity contribution in [3.05, 3.63) is 71.9 Å². The Morgan fingerprint density at radius 3 is 2.56 bits per heavy atom. The average Bonchev–Trinajstić information content (AvgIpc) is 2.81. The maximum atomic E-state index is 12.9. The van der Waals surface area contributed by atoms with Crippen LogP contribution in [0.5, 0.6) is 5.88 Å². The van der Waals surface area contributed by atoms with E-state index in [1.807, 2.05) is 61.5 Å². The van der Waals surface area contributed by atoms with Gasteiger partial charge in [0.15, 0.2) is 5.82 Å². The summed E-state index contributed by atoms with van der Waals surface area (Å²) in [5.41, 5.74) is 3.24. The van der Waals surface area contributed by atoms with E-state index in [-0.39, 0.29) is 5.91 Å². The Morgan fingerprint density at radius 1 is 1.00 bits per heavy atom. The van der Waals surface area contributed by atoms with Gasteiger partial charge in [-0.25, -0.2) is 4.98 Å². The van der Waals surface area contributed by atoms with E-state index < -0.39 is 0 Å². The van der Waals surface area contributed by atoms with Crippen molar-refractivity contribution < 1.29 is 9.53 Å². The van der Waals surface area contributed by atoms with E-state index >= 15 is 0 Å². The van der Waals surface area contributed by atoms with Crippen molar-refractivity contribution in [2.24, 2.45) is 0 Å². The number of amides is 1. The van der Waals surface area contributed by atoms with Gasteiger partial charge in [-0.2, -0.15) is 4.98 Å². The molecule has 0 bridgehead atoms. The van der Waals surface area contributed by atoms with Gasteiger partial charge < -0.3 is 9.64 Å². The summed E-state index contributed by atoms with van der Waals surface area (Å²) in [6.07, 6.45) is 1.56. The Labute approximate surface area is 145 Å². The van der Waals surface area contributed by atoms with Crippen LogP contribution in [0.15, 0.2) is 60.8 Å². The molecule has 25 heavy (non-hydrogen) atoms. The minimum atomic E-state index is -0.143. The third-order valence-corrected chi connectivity index (χ3v) is 4.24. The van der Waals surface area contributed by atoms with Gasteiger partial charge in [0.1, 0.15) is 12.2 Å². The fraction of sp³-hybridized carbons (Fsp3) is 0.150. The second-order valence-corrected chi connectivity index (χ2v) is 5.87. The molecule has 1 aliphatic rings. The fourth-order valence-corrected chi connectivity index (χ4v) is 2.91. The van der Waals surface area contributed by atoms with Crippen molar-refractivity contribution in [2.75, 3.05) is 18.1 Å². The number of para-hydroxylation sites is 1. The van der Waals surface area contributed by atoms with E-state index in [0.717, 1.165) is 16.8 Å². The highest BCUT2D eigenvalue weighted by molar-refractivity contribution is 6.07. The molecule has 0 N–H and O–H groups in total. The number of benzene rings is 2. The van der Waals surface area contributed by atoms with Crippen LogP contribution in [0.3, 0.4) is 0 Å². The number of rotatable bonds is 2. The topological polar surface area (TPSA) is 55.3 Å². The van der Waals surface area contributed by atoms with Crippen LogP contribution in [-0.4, -0.2) is 29.0 Å². The molecule has 0 atom stereocenters. The molecule has 0 spiro atoms. The molecule has 0 saturated heterocycles. The number of ether oxygens (including phenoxy) is 1. The number of hydrogen-bond donors (Lipinski definition) is 0. The number of aromatic nitrogens is 2. The average molecular weight is 331 g/mol. The summed E-state index contributed by atoms with van der Waals surface area (Å²) in [7, 11) is 0. The third-order valence-electron chi connectivity index (χ3n) is 4.24. The molecule has 3 aromatic rings. The smallest absolute Gasteiger partial charge is 0.265 e. The molecule has 1 aromatic heterocycles. The fourth-order valence-electron chi connectivity index (χ4n) is 2.91. The lowest BCUT2D eigenvalue weighted by Gasteiger charge is -2.19. The molecule has 0 unspecified atom stereocenters. The number of nitrogens with zero attached hydrogens (tertiary/aromatic N) is 3. The van der Waals surface area contributed by atoms with E-state index in [2.05, 4.69) is 9.97 Å². The van der Waals surface area contributed by atoms with E-state index in [4.69, 9.17) is 4.74 Å². The summed E-state index contributed by atoms with van der Waals surface area (Å²) in [6, 6.07) is 17.4. The monoisotopic (exact) mass is 331 g/mol. The van der Waals surface area contributed by atoms with Gasteiger partial charge in [0.2, 0.25) is 5.88 Å². The minimum Gasteiger partial charge on any atom is -0.475 e. The van der Waals surface area contributed by atoms with Crippen LogP contribution < -0.4 is 9.64 Å². The van der Waals surface area contributed by atoms with Crippen LogP contribution in [0.1, 0.15) is 15.9 Å². The van der Waals surface area contributed by atoms with Crippen LogP contribution in [0.4, 0.5) is 5.69 Å². The van der Waals surface area contributed by atoms with Gasteiger partial charge in [0.25, 0.3) is 5.91 Å². The summed E-state index contributed by atoms with van der Waals surface area (Å²) >= 11 is 0. The quantitative estimate of drug-likeness (QED) is 0.721. The van der Waals surface area contributed by atoms with Crippen molar-refractivity contribution in [1.82, 2.24) is 9.97 Å². The summed E-state index contributed by atoms with van der Waals surface area (Å²) in [4.78, 5) is 23.5. The van der Waals surface area contributed by atoms with Gasteiger partial charge in [0.05, 0.1) is 6.54 Å². The lowest BCUT2D eigenvalue weighted by Crippen LogP contribution is -2.32. The van der Waals surface area contributed by atoms with Crippen LogP contribution in [0, 0.1) is 6.92 Å². The molecule has 2 aromatic carbocycles. The number of aryl methyl sites for hydroxylation is 1. The molecule has 0 fully saturated rings. The Kier molecular flexibility index (Phi) is 3.90. The second-order valence-electron chi connectivity index (χ2n) is 5.87. The largest absolute Gasteiger partial charge is 0.475 e. The molecule has 1 aliphatic heterocycles. The van der Waals surface area contributed by atoms with E-state index in [9.17, 15) is 4.79 Å². The molecule has 5 heteroatoms. The Morgan fingerprint density at radius 2 is 1.76 bits per heavy atom. The Balaban J connectivity index is 1.74. The number of carbonyl (C=O) groups excluding carboxylic acids is 1. The van der Waals surface area contributed by atoms with Crippen LogP contribution in [0.2, 0.25) is 0 Å². The van der Waals surface area contributed by atoms with Gasteiger partial charge in [0, 0.05) is 17.4 Å². The van der Waals surface area contributed by atoms with Crippen molar-refractivity contribution in [1.29, 1.82) is 0 Å². The third kappa shape index (κ3) is 2.85. The molecule has 5 nitrogen and oxygen atoms in total. The number of hydrogen-bond acceptors (Lipinski definition) is 4. The maximum absolute atomic E-state index is 12.9. The molecule has 4 rings (SSSR count). The summed E-state index contributed by atoms with van der Waals surface area (Å²) in [5.74, 6) is 0.768. The Bertz CT molecular complexity index is 925. The highest BCUT2D eigenvalue weighted by atomic mass is 16.5. The van der Waals surface area contributed by atoms with Gasteiger partial charge in [-0.05, 0) is 24.6 Å². The van der Waals surface area contributed by atoms with Gasteiger partial charge >= 0.3 is 0 Å². The van der Waals surface area contributed by atoms with Crippen molar-refractivity contribution in [2.45, 2.75) is 6.92 Å². The van der Waals surface area contributed by atoms with Crippen molar-refractivity contribution in [3.8, 4) is 17.3 Å². The lowest BCUT2D eigenvalue weighted by molar-refractivity contribution is 0.0989. The standard InChI is InChI=1S/C20H17N3O2/c1-14-7-5-6-10-16(14)18-21-13-17-19(22-18)25-12-11-23(20(17)24)15-8-3-2-4-9-15/h2-10,13H,11-12H2,1H3. The lowest BCUT2D eigenvalue weighted by atomic mass is 10.1. The molecule has 124 valence electrons. The Hall–Kier alpha value is -3.21. The summed E-state index contributed by atoms with van der Waals surface area (Å²) in [5, 5.41) is 0. The van der Waals surface area contributed by atoms with Crippen LogP contribution in [-0.2, 0) is 0 Å². The van der Waals surface area contributed by atoms with Gasteiger partial charge in [-0.3, -0.25) is 4.79 Å². The maximum Gasteiger partial charge on any atom is 0.265 e. The van der Waals surface area contributed by atoms with E-state index in [0.29, 0.717) is 30.4 Å². The van der Waals surface area contributed by atoms with Crippen molar-refractivity contribution in [3.63, 3.8) is 0 Å². The normalized spacial score (nSPS) is 13.8. The highest BCUT2D eigenvalue weighted by Gasteiger charge is 2.26. The first kappa shape index (κ1) is 15.3. The van der Waals surface area contributed by atoms with Gasteiger partial charge in [-0.1, -0.05) is 42.5 Å². The summed E-state index contributed by atoms with van der Waals surface area (Å²) < 4.78 is 5.76. The predicted molar refractivity (Wildman–Crippen MR) is 95.8 cm³/mol. The number of anilines is 1. The molecule has 0 radical (unpaired) electrons. The number of carbonyl (C=O) groups is 1. The second kappa shape index (κ2) is 6.36. The zero-order valence-electron chi connectivity index (χ0n) is 13.8. The molecule has 0 saturated carbocycles. The van der Waals surface area contributed by atoms with Gasteiger partial charge in [-0.15, -0.1) is 0 Å². The molecular weight excluding hydrogens is 314 g/mol. The van der Waals surface area contributed by atoms with Crippen LogP contribution in [0.25, 0.3) is 11.4 Å². The van der Waals surface area contributed by atoms with E-state index in [1.54, 1.807) is 11.1 Å². The molecule has 1 amide bonds. The highest BCUT2D eigenvalue weighted by Crippen LogP contribution is 2.27. The SMILES string of the molecule is Cc1ccccc1-c1ncc2c(n1)OCCN(c1ccccc1)C2=O. The molecular formula is C20H17N3O2. The summed E-state index contributed by atoms with van der Waals surface area (Å²) in [6.45, 7) is 2.87.